The third-order valence-electron chi connectivity index (χ3n) is 1.19. The summed E-state index contributed by atoms with van der Waals surface area (Å²) in [4.78, 5) is 21.0. The van der Waals surface area contributed by atoms with Gasteiger partial charge in [-0.3, -0.25) is 4.79 Å². The number of carboxylic acid groups (broad SMARTS) is 1. The molecule has 0 spiro atoms. The van der Waals surface area contributed by atoms with E-state index in [4.69, 9.17) is 11.5 Å². The molecule has 0 aromatic heterocycles. The van der Waals surface area contributed by atoms with Gasteiger partial charge in [-0.15, -0.1) is 6.42 Å². The third kappa shape index (κ3) is 5.56. The minimum atomic E-state index is -1.10. The van der Waals surface area contributed by atoms with E-state index in [0.29, 0.717) is 0 Å². The van der Waals surface area contributed by atoms with E-state index in [-0.39, 0.29) is 0 Å². The second-order valence-electron chi connectivity index (χ2n) is 2.97. The number of carboxylic acids is 1. The first kappa shape index (κ1) is 11.3. The smallest absolute Gasteiger partial charge is 0.323 e. The average Bonchev–Trinajstić information content (AvgIpc) is 2.00. The molecule has 2 amide bonds. The average molecular weight is 184 g/mol. The van der Waals surface area contributed by atoms with Crippen LogP contribution in [0.2, 0.25) is 0 Å². The van der Waals surface area contributed by atoms with Crippen molar-refractivity contribution in [3.63, 3.8) is 0 Å². The number of aliphatic carboxylic acids is 1. The first-order valence-corrected chi connectivity index (χ1v) is 3.63. The van der Waals surface area contributed by atoms with Gasteiger partial charge in [0.05, 0.1) is 5.54 Å². The first-order valence-electron chi connectivity index (χ1n) is 3.63. The summed E-state index contributed by atoms with van der Waals surface area (Å²) in [6, 6.07) is -0.592. The molecule has 0 unspecified atom stereocenters. The van der Waals surface area contributed by atoms with Crippen molar-refractivity contribution < 1.29 is 14.7 Å². The van der Waals surface area contributed by atoms with Crippen LogP contribution in [0.4, 0.5) is 4.79 Å². The van der Waals surface area contributed by atoms with E-state index in [1.807, 2.05) is 0 Å². The van der Waals surface area contributed by atoms with Gasteiger partial charge in [-0.25, -0.2) is 4.79 Å². The van der Waals surface area contributed by atoms with E-state index in [2.05, 4.69) is 16.6 Å². The maximum absolute atomic E-state index is 10.9. The normalized spacial score (nSPS) is 9.92. The Bertz CT molecular complexity index is 253. The van der Waals surface area contributed by atoms with E-state index < -0.39 is 24.1 Å². The van der Waals surface area contributed by atoms with E-state index in [1.54, 1.807) is 13.8 Å². The fraction of sp³-hybridized carbons (Fsp3) is 0.500. The fourth-order valence-electron chi connectivity index (χ4n) is 0.520. The van der Waals surface area contributed by atoms with Gasteiger partial charge in [-0.2, -0.15) is 0 Å². The topological polar surface area (TPSA) is 78.4 Å². The summed E-state index contributed by atoms with van der Waals surface area (Å²) in [5.74, 6) is 1.24. The fourth-order valence-corrected chi connectivity index (χ4v) is 0.520. The largest absolute Gasteiger partial charge is 0.480 e. The number of nitrogens with one attached hydrogen (secondary N) is 2. The van der Waals surface area contributed by atoms with Crippen molar-refractivity contribution in [2.45, 2.75) is 19.4 Å². The van der Waals surface area contributed by atoms with Gasteiger partial charge < -0.3 is 15.7 Å². The lowest BCUT2D eigenvalue weighted by Crippen LogP contribution is -2.48. The molecule has 13 heavy (non-hydrogen) atoms. The Morgan fingerprint density at radius 3 is 2.46 bits per heavy atom. The standard InChI is InChI=1S/C8H12N2O3/c1-4-8(2,3)10-7(13)9-5-6(11)12/h1H,5H2,2-3H3,(H,11,12)(H2,9,10,13). The maximum Gasteiger partial charge on any atom is 0.323 e. The molecule has 0 fully saturated rings. The Kier molecular flexibility index (Phi) is 3.79. The predicted molar refractivity (Wildman–Crippen MR) is 47.1 cm³/mol. The molecule has 0 radical (unpaired) electrons. The van der Waals surface area contributed by atoms with Crippen molar-refractivity contribution in [1.82, 2.24) is 10.6 Å². The molecule has 0 aromatic carbocycles. The molecule has 0 aliphatic rings. The number of urea groups is 1. The summed E-state index contributed by atoms with van der Waals surface area (Å²) in [6.07, 6.45) is 5.10. The van der Waals surface area contributed by atoms with Crippen molar-refractivity contribution in [3.8, 4) is 12.3 Å². The molecule has 5 nitrogen and oxygen atoms in total. The highest BCUT2D eigenvalue weighted by atomic mass is 16.4. The van der Waals surface area contributed by atoms with Crippen LogP contribution in [0.5, 0.6) is 0 Å². The summed E-state index contributed by atoms with van der Waals surface area (Å²) in [5.41, 5.74) is -0.775. The monoisotopic (exact) mass is 184 g/mol. The second kappa shape index (κ2) is 4.36. The lowest BCUT2D eigenvalue weighted by atomic mass is 10.1. The van der Waals surface area contributed by atoms with Gasteiger partial charge in [0.25, 0.3) is 0 Å². The van der Waals surface area contributed by atoms with Crippen molar-refractivity contribution in [1.29, 1.82) is 0 Å². The number of hydrogen-bond acceptors (Lipinski definition) is 2. The van der Waals surface area contributed by atoms with Gasteiger partial charge in [0.15, 0.2) is 0 Å². The van der Waals surface area contributed by atoms with E-state index in [9.17, 15) is 9.59 Å². The Hall–Kier alpha value is -1.70. The molecule has 0 atom stereocenters. The van der Waals surface area contributed by atoms with Gasteiger partial charge in [0, 0.05) is 0 Å². The number of rotatable bonds is 3. The Balaban J connectivity index is 3.90. The lowest BCUT2D eigenvalue weighted by molar-refractivity contribution is -0.135. The summed E-state index contributed by atoms with van der Waals surface area (Å²) in [7, 11) is 0. The van der Waals surface area contributed by atoms with Gasteiger partial charge in [-0.05, 0) is 13.8 Å². The minimum Gasteiger partial charge on any atom is -0.480 e. The zero-order valence-electron chi connectivity index (χ0n) is 7.55. The Morgan fingerprint density at radius 1 is 1.54 bits per heavy atom. The van der Waals surface area contributed by atoms with E-state index in [1.165, 1.54) is 0 Å². The van der Waals surface area contributed by atoms with Crippen LogP contribution in [0.15, 0.2) is 0 Å². The third-order valence-corrected chi connectivity index (χ3v) is 1.19. The molecule has 0 aromatic rings. The molecule has 0 bridgehead atoms. The van der Waals surface area contributed by atoms with Crippen LogP contribution in [-0.4, -0.2) is 29.2 Å². The SMILES string of the molecule is C#CC(C)(C)NC(=O)NCC(=O)O. The summed E-state index contributed by atoms with van der Waals surface area (Å²) < 4.78 is 0. The maximum atomic E-state index is 10.9. The summed E-state index contributed by atoms with van der Waals surface area (Å²) >= 11 is 0. The highest BCUT2D eigenvalue weighted by Crippen LogP contribution is 1.97. The van der Waals surface area contributed by atoms with Crippen molar-refractivity contribution >= 4 is 12.0 Å². The van der Waals surface area contributed by atoms with Crippen molar-refractivity contribution in [3.05, 3.63) is 0 Å². The van der Waals surface area contributed by atoms with Crippen LogP contribution in [-0.2, 0) is 4.79 Å². The van der Waals surface area contributed by atoms with Crippen LogP contribution in [0.1, 0.15) is 13.8 Å². The van der Waals surface area contributed by atoms with Gasteiger partial charge >= 0.3 is 12.0 Å². The van der Waals surface area contributed by atoms with Crippen LogP contribution in [0.3, 0.4) is 0 Å². The highest BCUT2D eigenvalue weighted by Gasteiger charge is 2.16. The lowest BCUT2D eigenvalue weighted by Gasteiger charge is -2.19. The zero-order chi connectivity index (χ0) is 10.5. The minimum absolute atomic E-state index is 0.424. The molecule has 3 N–H and O–H groups in total. The quantitative estimate of drug-likeness (QED) is 0.531. The van der Waals surface area contributed by atoms with Gasteiger partial charge in [0.2, 0.25) is 0 Å². The highest BCUT2D eigenvalue weighted by molar-refractivity contribution is 5.80. The first-order chi connectivity index (χ1) is 5.87. The number of carbonyl (C=O) groups excluding carboxylic acids is 1. The van der Waals surface area contributed by atoms with Gasteiger partial charge in [0.1, 0.15) is 6.54 Å². The van der Waals surface area contributed by atoms with Crippen molar-refractivity contribution in [2.75, 3.05) is 6.54 Å². The molecule has 0 saturated carbocycles. The molecule has 0 aliphatic carbocycles. The number of carbonyl (C=O) groups is 2. The molecular weight excluding hydrogens is 172 g/mol. The molecule has 72 valence electrons. The number of hydrogen-bond donors (Lipinski definition) is 3. The van der Waals surface area contributed by atoms with Crippen LogP contribution >= 0.6 is 0 Å². The van der Waals surface area contributed by atoms with Gasteiger partial charge in [-0.1, -0.05) is 5.92 Å². The zero-order valence-corrected chi connectivity index (χ0v) is 7.55. The molecule has 0 heterocycles. The van der Waals surface area contributed by atoms with E-state index >= 15 is 0 Å². The Morgan fingerprint density at radius 2 is 2.08 bits per heavy atom. The Labute approximate surface area is 76.5 Å². The van der Waals surface area contributed by atoms with Crippen LogP contribution in [0.25, 0.3) is 0 Å². The van der Waals surface area contributed by atoms with Crippen molar-refractivity contribution in [2.24, 2.45) is 0 Å². The molecule has 0 aliphatic heterocycles. The number of terminal acetylenes is 1. The van der Waals surface area contributed by atoms with Crippen LogP contribution < -0.4 is 10.6 Å². The molecule has 5 heteroatoms. The second-order valence-corrected chi connectivity index (χ2v) is 2.97. The van der Waals surface area contributed by atoms with E-state index in [0.717, 1.165) is 0 Å². The summed E-state index contributed by atoms with van der Waals surface area (Å²) in [5, 5.41) is 12.8. The predicted octanol–water partition coefficient (Wildman–Crippen LogP) is -0.218. The molecular formula is C8H12N2O3. The number of amides is 2. The summed E-state index contributed by atoms with van der Waals surface area (Å²) in [6.45, 7) is 2.84. The molecule has 0 rings (SSSR count). The molecule has 0 saturated heterocycles. The van der Waals surface area contributed by atoms with Crippen LogP contribution in [0, 0.1) is 12.3 Å².